The van der Waals surface area contributed by atoms with Crippen LogP contribution in [-0.4, -0.2) is 17.2 Å². The molecule has 0 spiro atoms. The van der Waals surface area contributed by atoms with Gasteiger partial charge in [0.25, 0.3) is 5.91 Å². The van der Waals surface area contributed by atoms with Crippen LogP contribution in [-0.2, 0) is 0 Å². The third-order valence-electron chi connectivity index (χ3n) is 2.34. The maximum absolute atomic E-state index is 11.7. The molecule has 1 amide bonds. The Kier molecular flexibility index (Phi) is 4.30. The molecule has 5 heteroatoms. The van der Waals surface area contributed by atoms with E-state index in [1.54, 1.807) is 18.3 Å². The van der Waals surface area contributed by atoms with Gasteiger partial charge < -0.3 is 5.11 Å². The minimum Gasteiger partial charge on any atom is -0.508 e. The van der Waals surface area contributed by atoms with Crippen molar-refractivity contribution in [3.63, 3.8) is 0 Å². The largest absolute Gasteiger partial charge is 0.508 e. The van der Waals surface area contributed by atoms with E-state index in [4.69, 9.17) is 0 Å². The van der Waals surface area contributed by atoms with Gasteiger partial charge in [-0.25, -0.2) is 5.43 Å². The first-order chi connectivity index (χ1) is 9.15. The topological polar surface area (TPSA) is 61.7 Å². The number of halogens is 1. The summed E-state index contributed by atoms with van der Waals surface area (Å²) in [4.78, 5) is 11.7. The van der Waals surface area contributed by atoms with Gasteiger partial charge in [0.15, 0.2) is 0 Å². The molecule has 0 fully saturated rings. The number of amides is 1. The number of phenolic OH excluding ortho intramolecular Hbond substituents is 1. The van der Waals surface area contributed by atoms with Gasteiger partial charge in [0.1, 0.15) is 5.75 Å². The number of benzene rings is 2. The molecule has 96 valence electrons. The SMILES string of the molecule is O=C(NN=Cc1cccc(Br)c1)c1cccc(O)c1. The van der Waals surface area contributed by atoms with Crippen molar-refractivity contribution in [3.8, 4) is 5.75 Å². The van der Waals surface area contributed by atoms with Crippen molar-refractivity contribution < 1.29 is 9.90 Å². The standard InChI is InChI=1S/C14H11BrN2O2/c15-12-5-1-3-10(7-12)9-16-17-14(19)11-4-2-6-13(18)8-11/h1-9,18H,(H,17,19). The number of nitrogens with zero attached hydrogens (tertiary/aromatic N) is 1. The van der Waals surface area contributed by atoms with Crippen LogP contribution < -0.4 is 5.43 Å². The third-order valence-corrected chi connectivity index (χ3v) is 2.83. The Morgan fingerprint density at radius 1 is 1.21 bits per heavy atom. The second-order valence-electron chi connectivity index (χ2n) is 3.80. The predicted octanol–water partition coefficient (Wildman–Crippen LogP) is 2.92. The van der Waals surface area contributed by atoms with E-state index in [0.717, 1.165) is 10.0 Å². The van der Waals surface area contributed by atoms with Gasteiger partial charge in [-0.3, -0.25) is 4.79 Å². The summed E-state index contributed by atoms with van der Waals surface area (Å²) in [6, 6.07) is 13.6. The van der Waals surface area contributed by atoms with Crippen molar-refractivity contribution in [2.75, 3.05) is 0 Å². The quantitative estimate of drug-likeness (QED) is 0.675. The fourth-order valence-electron chi connectivity index (χ4n) is 1.46. The van der Waals surface area contributed by atoms with Gasteiger partial charge in [-0.2, -0.15) is 5.10 Å². The van der Waals surface area contributed by atoms with Crippen LogP contribution in [0.4, 0.5) is 0 Å². The molecule has 2 rings (SSSR count). The van der Waals surface area contributed by atoms with Crippen LogP contribution in [0, 0.1) is 0 Å². The molecule has 0 aliphatic carbocycles. The highest BCUT2D eigenvalue weighted by atomic mass is 79.9. The maximum atomic E-state index is 11.7. The summed E-state index contributed by atoms with van der Waals surface area (Å²) >= 11 is 3.35. The number of aromatic hydroxyl groups is 1. The number of hydrogen-bond acceptors (Lipinski definition) is 3. The van der Waals surface area contributed by atoms with E-state index >= 15 is 0 Å². The van der Waals surface area contributed by atoms with Gasteiger partial charge in [0, 0.05) is 10.0 Å². The number of carbonyl (C=O) groups is 1. The Balaban J connectivity index is 2.01. The Labute approximate surface area is 118 Å². The summed E-state index contributed by atoms with van der Waals surface area (Å²) in [6.07, 6.45) is 1.55. The number of hydrogen-bond donors (Lipinski definition) is 2. The number of hydrazone groups is 1. The van der Waals surface area contributed by atoms with Crippen LogP contribution >= 0.6 is 15.9 Å². The Morgan fingerprint density at radius 2 is 2.00 bits per heavy atom. The van der Waals surface area contributed by atoms with Crippen molar-refractivity contribution >= 4 is 28.1 Å². The van der Waals surface area contributed by atoms with Crippen molar-refractivity contribution in [1.82, 2.24) is 5.43 Å². The molecule has 0 atom stereocenters. The fourth-order valence-corrected chi connectivity index (χ4v) is 1.88. The van der Waals surface area contributed by atoms with Crippen LogP contribution in [0.2, 0.25) is 0 Å². The maximum Gasteiger partial charge on any atom is 0.271 e. The normalized spacial score (nSPS) is 10.6. The first kappa shape index (κ1) is 13.3. The highest BCUT2D eigenvalue weighted by Gasteiger charge is 2.03. The lowest BCUT2D eigenvalue weighted by atomic mass is 10.2. The van der Waals surface area contributed by atoms with Crippen molar-refractivity contribution in [2.24, 2.45) is 5.10 Å². The summed E-state index contributed by atoms with van der Waals surface area (Å²) in [5, 5.41) is 13.1. The van der Waals surface area contributed by atoms with Crippen molar-refractivity contribution in [2.45, 2.75) is 0 Å². The van der Waals surface area contributed by atoms with Crippen molar-refractivity contribution in [1.29, 1.82) is 0 Å². The van der Waals surface area contributed by atoms with Crippen LogP contribution in [0.15, 0.2) is 58.1 Å². The van der Waals surface area contributed by atoms with Gasteiger partial charge in [-0.15, -0.1) is 0 Å². The zero-order valence-corrected chi connectivity index (χ0v) is 11.5. The van der Waals surface area contributed by atoms with E-state index in [-0.39, 0.29) is 11.7 Å². The van der Waals surface area contributed by atoms with Crippen LogP contribution in [0.5, 0.6) is 5.75 Å². The molecule has 0 unspecified atom stereocenters. The van der Waals surface area contributed by atoms with E-state index < -0.39 is 0 Å². The van der Waals surface area contributed by atoms with Gasteiger partial charge in [0.2, 0.25) is 0 Å². The molecule has 19 heavy (non-hydrogen) atoms. The first-order valence-electron chi connectivity index (χ1n) is 5.53. The minimum absolute atomic E-state index is 0.0450. The zero-order chi connectivity index (χ0) is 13.7. The third kappa shape index (κ3) is 3.93. The highest BCUT2D eigenvalue weighted by Crippen LogP contribution is 2.11. The molecular weight excluding hydrogens is 308 g/mol. The molecule has 0 heterocycles. The first-order valence-corrected chi connectivity index (χ1v) is 6.32. The van der Waals surface area contributed by atoms with Crippen molar-refractivity contribution in [3.05, 3.63) is 64.1 Å². The molecule has 0 saturated carbocycles. The highest BCUT2D eigenvalue weighted by molar-refractivity contribution is 9.10. The second kappa shape index (κ2) is 6.15. The summed E-state index contributed by atoms with van der Waals surface area (Å²) in [6.45, 7) is 0. The molecule has 2 aromatic carbocycles. The Hall–Kier alpha value is -2.14. The minimum atomic E-state index is -0.373. The predicted molar refractivity (Wildman–Crippen MR) is 77.3 cm³/mol. The summed E-state index contributed by atoms with van der Waals surface area (Å²) < 4.78 is 0.941. The molecule has 2 aromatic rings. The average molecular weight is 319 g/mol. The smallest absolute Gasteiger partial charge is 0.271 e. The molecule has 0 aromatic heterocycles. The molecule has 4 nitrogen and oxygen atoms in total. The summed E-state index contributed by atoms with van der Waals surface area (Å²) in [7, 11) is 0. The van der Waals surface area contributed by atoms with E-state index in [2.05, 4.69) is 26.5 Å². The molecular formula is C14H11BrN2O2. The lowest BCUT2D eigenvalue weighted by molar-refractivity contribution is 0.0954. The number of carbonyl (C=O) groups excluding carboxylic acids is 1. The average Bonchev–Trinajstić information content (AvgIpc) is 2.38. The zero-order valence-electron chi connectivity index (χ0n) is 9.88. The van der Waals surface area contributed by atoms with Crippen LogP contribution in [0.25, 0.3) is 0 Å². The molecule has 0 bridgehead atoms. The Morgan fingerprint density at radius 3 is 2.74 bits per heavy atom. The van der Waals surface area contributed by atoms with E-state index in [1.807, 2.05) is 24.3 Å². The molecule has 2 N–H and O–H groups in total. The fraction of sp³-hybridized carbons (Fsp3) is 0. The second-order valence-corrected chi connectivity index (χ2v) is 4.72. The number of phenols is 1. The molecule has 0 aliphatic rings. The molecule has 0 radical (unpaired) electrons. The summed E-state index contributed by atoms with van der Waals surface area (Å²) in [5.74, 6) is -0.328. The molecule has 0 aliphatic heterocycles. The van der Waals surface area contributed by atoms with Crippen LogP contribution in [0.3, 0.4) is 0 Å². The lowest BCUT2D eigenvalue weighted by Crippen LogP contribution is -2.17. The van der Waals surface area contributed by atoms with Gasteiger partial charge in [0.05, 0.1) is 6.21 Å². The number of nitrogens with one attached hydrogen (secondary N) is 1. The van der Waals surface area contributed by atoms with Gasteiger partial charge >= 0.3 is 0 Å². The van der Waals surface area contributed by atoms with E-state index in [0.29, 0.717) is 5.56 Å². The van der Waals surface area contributed by atoms with E-state index in [9.17, 15) is 9.90 Å². The molecule has 0 saturated heterocycles. The number of rotatable bonds is 3. The van der Waals surface area contributed by atoms with Gasteiger partial charge in [-0.05, 0) is 35.9 Å². The van der Waals surface area contributed by atoms with E-state index in [1.165, 1.54) is 12.1 Å². The Bertz CT molecular complexity index is 626. The van der Waals surface area contributed by atoms with Crippen LogP contribution in [0.1, 0.15) is 15.9 Å². The monoisotopic (exact) mass is 318 g/mol. The lowest BCUT2D eigenvalue weighted by Gasteiger charge is -2.00. The van der Waals surface area contributed by atoms with Gasteiger partial charge in [-0.1, -0.05) is 34.1 Å². The summed E-state index contributed by atoms with van der Waals surface area (Å²) in [5.41, 5.74) is 3.62.